The standard InChI is InChI=1S/C18H18N6O2/c19-5-12(10-25)6-20-7-16-9-24-8-15(13-1-2-13)3-14(18(24)22-16)4-17-23-21-11-26-17/h3,5-6,8-11,13H,1-2,4,7,19H2/b12-5+,20-6?. The highest BCUT2D eigenvalue weighted by Gasteiger charge is 2.25. The Hall–Kier alpha value is -3.29. The molecule has 0 amide bonds. The van der Waals surface area contributed by atoms with Crippen LogP contribution in [0.1, 0.15) is 41.5 Å². The summed E-state index contributed by atoms with van der Waals surface area (Å²) in [5.41, 5.74) is 9.67. The van der Waals surface area contributed by atoms with Crippen LogP contribution >= 0.6 is 0 Å². The van der Waals surface area contributed by atoms with Gasteiger partial charge in [0.2, 0.25) is 12.3 Å². The molecular weight excluding hydrogens is 332 g/mol. The van der Waals surface area contributed by atoms with Gasteiger partial charge in [-0.15, -0.1) is 10.2 Å². The average molecular weight is 350 g/mol. The molecule has 1 aliphatic rings. The highest BCUT2D eigenvalue weighted by molar-refractivity contribution is 6.01. The van der Waals surface area contributed by atoms with Gasteiger partial charge in [-0.05, 0) is 30.4 Å². The van der Waals surface area contributed by atoms with Crippen molar-refractivity contribution in [2.24, 2.45) is 10.7 Å². The van der Waals surface area contributed by atoms with E-state index in [0.29, 0.717) is 36.6 Å². The number of hydrogen-bond donors (Lipinski definition) is 1. The number of nitrogens with two attached hydrogens (primary N) is 1. The number of pyridine rings is 1. The average Bonchev–Trinajstić information content (AvgIpc) is 3.22. The molecule has 3 aromatic rings. The van der Waals surface area contributed by atoms with Crippen LogP contribution in [0.2, 0.25) is 0 Å². The van der Waals surface area contributed by atoms with Gasteiger partial charge in [0, 0.05) is 35.9 Å². The second-order valence-electron chi connectivity index (χ2n) is 6.30. The molecule has 8 heteroatoms. The molecule has 0 atom stereocenters. The van der Waals surface area contributed by atoms with Crippen molar-refractivity contribution >= 4 is 18.1 Å². The van der Waals surface area contributed by atoms with Crippen molar-refractivity contribution in [3.05, 3.63) is 59.3 Å². The van der Waals surface area contributed by atoms with E-state index in [9.17, 15) is 4.79 Å². The van der Waals surface area contributed by atoms with Crippen LogP contribution in [0.3, 0.4) is 0 Å². The van der Waals surface area contributed by atoms with Crippen LogP contribution < -0.4 is 5.73 Å². The summed E-state index contributed by atoms with van der Waals surface area (Å²) in [6, 6.07) is 2.18. The Morgan fingerprint density at radius 1 is 1.42 bits per heavy atom. The molecule has 26 heavy (non-hydrogen) atoms. The predicted octanol–water partition coefficient (Wildman–Crippen LogP) is 1.80. The first kappa shape index (κ1) is 16.2. The maximum atomic E-state index is 10.7. The monoisotopic (exact) mass is 350 g/mol. The van der Waals surface area contributed by atoms with Gasteiger partial charge in [-0.3, -0.25) is 9.79 Å². The summed E-state index contributed by atoms with van der Waals surface area (Å²) in [4.78, 5) is 19.7. The minimum Gasteiger partial charge on any atom is -0.428 e. The van der Waals surface area contributed by atoms with E-state index in [0.717, 1.165) is 16.9 Å². The Labute approximate surface area is 149 Å². The third-order valence-corrected chi connectivity index (χ3v) is 4.32. The molecule has 0 aromatic carbocycles. The summed E-state index contributed by atoms with van der Waals surface area (Å²) in [6.45, 7) is 0.367. The van der Waals surface area contributed by atoms with Crippen molar-refractivity contribution in [1.82, 2.24) is 19.6 Å². The number of carbonyl (C=O) groups excluding carboxylic acids is 1. The lowest BCUT2D eigenvalue weighted by atomic mass is 10.1. The Bertz CT molecular complexity index is 983. The van der Waals surface area contributed by atoms with Crippen LogP contribution in [0.4, 0.5) is 0 Å². The molecule has 1 saturated carbocycles. The van der Waals surface area contributed by atoms with Crippen molar-refractivity contribution in [3.8, 4) is 0 Å². The number of aliphatic imine (C=N–C) groups is 1. The third-order valence-electron chi connectivity index (χ3n) is 4.32. The summed E-state index contributed by atoms with van der Waals surface area (Å²) in [5.74, 6) is 1.18. The summed E-state index contributed by atoms with van der Waals surface area (Å²) >= 11 is 0. The van der Waals surface area contributed by atoms with Crippen LogP contribution in [0, 0.1) is 0 Å². The van der Waals surface area contributed by atoms with Crippen LogP contribution in [0.25, 0.3) is 5.65 Å². The Morgan fingerprint density at radius 2 is 2.31 bits per heavy atom. The maximum Gasteiger partial charge on any atom is 0.220 e. The second kappa shape index (κ2) is 6.91. The number of fused-ring (bicyclic) bond motifs is 1. The van der Waals surface area contributed by atoms with Crippen molar-refractivity contribution in [2.75, 3.05) is 0 Å². The van der Waals surface area contributed by atoms with Gasteiger partial charge in [0.15, 0.2) is 6.29 Å². The SMILES string of the molecule is N/C=C(/C=O)C=NCc1cn2cc(C3CC3)cc(Cc3nnco3)c2n1. The number of rotatable bonds is 7. The lowest BCUT2D eigenvalue weighted by molar-refractivity contribution is -0.104. The van der Waals surface area contributed by atoms with E-state index in [-0.39, 0.29) is 0 Å². The summed E-state index contributed by atoms with van der Waals surface area (Å²) in [6.07, 6.45) is 11.7. The maximum absolute atomic E-state index is 10.7. The van der Waals surface area contributed by atoms with Crippen LogP contribution in [0.15, 0.2) is 46.0 Å². The van der Waals surface area contributed by atoms with Gasteiger partial charge in [0.25, 0.3) is 0 Å². The fourth-order valence-corrected chi connectivity index (χ4v) is 2.88. The normalized spacial score (nSPS) is 15.2. The molecule has 1 fully saturated rings. The zero-order valence-electron chi connectivity index (χ0n) is 14.1. The molecule has 0 saturated heterocycles. The van der Waals surface area contributed by atoms with Crippen LogP contribution in [0.5, 0.6) is 0 Å². The zero-order valence-corrected chi connectivity index (χ0v) is 14.1. The zero-order chi connectivity index (χ0) is 17.9. The quantitative estimate of drug-likeness (QED) is 0.395. The van der Waals surface area contributed by atoms with Gasteiger partial charge in [0.05, 0.1) is 18.7 Å². The van der Waals surface area contributed by atoms with Gasteiger partial charge in [0.1, 0.15) is 5.65 Å². The number of hydrogen-bond acceptors (Lipinski definition) is 7. The molecule has 132 valence electrons. The number of imidazole rings is 1. The molecular formula is C18H18N6O2. The smallest absolute Gasteiger partial charge is 0.220 e. The van der Waals surface area contributed by atoms with Crippen molar-refractivity contribution in [2.45, 2.75) is 31.7 Å². The van der Waals surface area contributed by atoms with Crippen LogP contribution in [-0.4, -0.2) is 32.1 Å². The van der Waals surface area contributed by atoms with E-state index in [1.54, 1.807) is 0 Å². The lowest BCUT2D eigenvalue weighted by Crippen LogP contribution is -1.97. The van der Waals surface area contributed by atoms with Gasteiger partial charge in [-0.2, -0.15) is 0 Å². The van der Waals surface area contributed by atoms with E-state index < -0.39 is 0 Å². The van der Waals surface area contributed by atoms with Gasteiger partial charge < -0.3 is 14.6 Å². The fourth-order valence-electron chi connectivity index (χ4n) is 2.88. The van der Waals surface area contributed by atoms with Gasteiger partial charge >= 0.3 is 0 Å². The molecule has 0 radical (unpaired) electrons. The topological polar surface area (TPSA) is 112 Å². The fraction of sp³-hybridized carbons (Fsp3) is 0.278. The summed E-state index contributed by atoms with van der Waals surface area (Å²) in [7, 11) is 0. The number of aromatic nitrogens is 4. The number of allylic oxidation sites excluding steroid dienone is 1. The Kier molecular flexibility index (Phi) is 4.30. The first-order valence-corrected chi connectivity index (χ1v) is 8.39. The molecule has 0 aliphatic heterocycles. The number of aldehydes is 1. The molecule has 1 aliphatic carbocycles. The first-order valence-electron chi connectivity index (χ1n) is 8.39. The number of carbonyl (C=O) groups is 1. The van der Waals surface area contributed by atoms with E-state index in [1.807, 2.05) is 10.6 Å². The van der Waals surface area contributed by atoms with E-state index >= 15 is 0 Å². The minimum atomic E-state index is 0.335. The van der Waals surface area contributed by atoms with Gasteiger partial charge in [-0.25, -0.2) is 4.98 Å². The van der Waals surface area contributed by atoms with Crippen molar-refractivity contribution in [3.63, 3.8) is 0 Å². The van der Waals surface area contributed by atoms with Crippen molar-refractivity contribution in [1.29, 1.82) is 0 Å². The number of nitrogens with zero attached hydrogens (tertiary/aromatic N) is 5. The summed E-state index contributed by atoms with van der Waals surface area (Å²) < 4.78 is 7.32. The molecule has 8 nitrogen and oxygen atoms in total. The molecule has 3 aromatic heterocycles. The predicted molar refractivity (Wildman–Crippen MR) is 94.8 cm³/mol. The second-order valence-corrected chi connectivity index (χ2v) is 6.30. The molecule has 3 heterocycles. The lowest BCUT2D eigenvalue weighted by Gasteiger charge is -2.05. The first-order chi connectivity index (χ1) is 12.8. The molecule has 2 N–H and O–H groups in total. The highest BCUT2D eigenvalue weighted by Crippen LogP contribution is 2.40. The molecule has 0 bridgehead atoms. The third kappa shape index (κ3) is 3.39. The van der Waals surface area contributed by atoms with Gasteiger partial charge in [-0.1, -0.05) is 0 Å². The Morgan fingerprint density at radius 3 is 3.00 bits per heavy atom. The van der Waals surface area contributed by atoms with Crippen LogP contribution in [-0.2, 0) is 17.8 Å². The molecule has 4 rings (SSSR count). The Balaban J connectivity index is 1.65. The molecule has 0 unspecified atom stereocenters. The van der Waals surface area contributed by atoms with E-state index in [4.69, 9.17) is 10.2 Å². The largest absolute Gasteiger partial charge is 0.428 e. The van der Waals surface area contributed by atoms with Crippen molar-refractivity contribution < 1.29 is 9.21 Å². The van der Waals surface area contributed by atoms with E-state index in [2.05, 4.69) is 32.4 Å². The summed E-state index contributed by atoms with van der Waals surface area (Å²) in [5, 5.41) is 7.71. The minimum absolute atomic E-state index is 0.335. The highest BCUT2D eigenvalue weighted by atomic mass is 16.4. The molecule has 0 spiro atoms. The van der Waals surface area contributed by atoms with E-state index in [1.165, 1.54) is 37.2 Å².